The summed E-state index contributed by atoms with van der Waals surface area (Å²) in [4.78, 5) is 9.85. The van der Waals surface area contributed by atoms with Crippen molar-refractivity contribution in [2.45, 2.75) is 40.0 Å². The molecule has 162 valence electrons. The fourth-order valence-corrected chi connectivity index (χ4v) is 3.93. The van der Waals surface area contributed by atoms with E-state index in [9.17, 15) is 0 Å². The lowest BCUT2D eigenvalue weighted by Gasteiger charge is -2.24. The number of aromatic nitrogens is 3. The molecule has 3 heterocycles. The van der Waals surface area contributed by atoms with Gasteiger partial charge in [-0.25, -0.2) is 0 Å². The van der Waals surface area contributed by atoms with Crippen LogP contribution < -0.4 is 5.32 Å². The van der Waals surface area contributed by atoms with Gasteiger partial charge >= 0.3 is 0 Å². The first kappa shape index (κ1) is 23.9. The van der Waals surface area contributed by atoms with Gasteiger partial charge in [0.25, 0.3) is 0 Å². The molecule has 0 spiro atoms. The van der Waals surface area contributed by atoms with Crippen LogP contribution >= 0.6 is 24.0 Å². The van der Waals surface area contributed by atoms with Gasteiger partial charge in [0, 0.05) is 45.3 Å². The number of hydrogen-bond acceptors (Lipinski definition) is 4. The summed E-state index contributed by atoms with van der Waals surface area (Å²) < 4.78 is 2.06. The zero-order valence-electron chi connectivity index (χ0n) is 18.0. The Kier molecular flexibility index (Phi) is 10.1. The van der Waals surface area contributed by atoms with Crippen molar-refractivity contribution in [3.63, 3.8) is 0 Å². The van der Waals surface area contributed by atoms with Gasteiger partial charge in [-0.3, -0.25) is 9.39 Å². The van der Waals surface area contributed by atoms with Gasteiger partial charge in [-0.05, 0) is 50.9 Å². The first-order chi connectivity index (χ1) is 13.7. The summed E-state index contributed by atoms with van der Waals surface area (Å²) in [6.07, 6.45) is 5.14. The van der Waals surface area contributed by atoms with Crippen molar-refractivity contribution >= 4 is 35.6 Å². The molecule has 3 rings (SSSR count). The molecule has 1 saturated heterocycles. The number of hydrogen-bond donors (Lipinski definition) is 1. The van der Waals surface area contributed by atoms with Crippen LogP contribution in [0.5, 0.6) is 0 Å². The molecule has 1 atom stereocenters. The van der Waals surface area contributed by atoms with Crippen LogP contribution in [0.15, 0.2) is 29.4 Å². The third-order valence-electron chi connectivity index (χ3n) is 5.54. The van der Waals surface area contributed by atoms with E-state index in [0.29, 0.717) is 0 Å². The lowest BCUT2D eigenvalue weighted by molar-refractivity contribution is 0.255. The van der Waals surface area contributed by atoms with Crippen molar-refractivity contribution in [2.24, 2.45) is 10.9 Å². The van der Waals surface area contributed by atoms with Crippen molar-refractivity contribution in [3.8, 4) is 0 Å². The number of nitrogens with one attached hydrogen (secondary N) is 1. The maximum atomic E-state index is 4.89. The van der Waals surface area contributed by atoms with Gasteiger partial charge < -0.3 is 15.1 Å². The zero-order valence-corrected chi connectivity index (χ0v) is 20.4. The molecule has 1 aliphatic rings. The monoisotopic (exact) mass is 513 g/mol. The number of aliphatic imine (C=N–C) groups is 1. The molecule has 0 bridgehead atoms. The molecule has 0 radical (unpaired) electrons. The van der Waals surface area contributed by atoms with Crippen LogP contribution in [0.3, 0.4) is 0 Å². The Morgan fingerprint density at radius 1 is 1.24 bits per heavy atom. The fourth-order valence-electron chi connectivity index (χ4n) is 3.93. The first-order valence-corrected chi connectivity index (χ1v) is 10.8. The summed E-state index contributed by atoms with van der Waals surface area (Å²) in [7, 11) is 0. The smallest absolute Gasteiger partial charge is 0.193 e. The highest BCUT2D eigenvalue weighted by Crippen LogP contribution is 2.17. The number of nitrogens with zero attached hydrogens (tertiary/aromatic N) is 6. The highest BCUT2D eigenvalue weighted by atomic mass is 127. The second-order valence-corrected chi connectivity index (χ2v) is 7.47. The molecule has 0 aromatic carbocycles. The largest absolute Gasteiger partial charge is 0.357 e. The standard InChI is InChI=1S/C21H35N7.HI/c1-4-22-21(27-15-12-18(17-27)16-26(5-2)6-3)23-13-9-11-20-25-24-19-10-7-8-14-28(19)20;/h7-8,10,14,18H,4-6,9,11-13,15-17H2,1-3H3,(H,22,23);1H. The van der Waals surface area contributed by atoms with Gasteiger partial charge in [0.2, 0.25) is 0 Å². The number of pyridine rings is 1. The van der Waals surface area contributed by atoms with Crippen molar-refractivity contribution < 1.29 is 0 Å². The molecule has 0 amide bonds. The SMILES string of the molecule is CCNC(=NCCCc1nnc2ccccn12)N1CCC(CN(CC)CC)C1.I. The minimum atomic E-state index is 0. The Balaban J connectivity index is 0.00000300. The number of rotatable bonds is 9. The van der Waals surface area contributed by atoms with Gasteiger partial charge in [-0.15, -0.1) is 34.2 Å². The van der Waals surface area contributed by atoms with E-state index in [0.717, 1.165) is 75.5 Å². The predicted octanol–water partition coefficient (Wildman–Crippen LogP) is 2.91. The van der Waals surface area contributed by atoms with Crippen LogP contribution in [0.2, 0.25) is 0 Å². The van der Waals surface area contributed by atoms with Crippen LogP contribution in [-0.2, 0) is 6.42 Å². The minimum absolute atomic E-state index is 0. The molecule has 2 aromatic heterocycles. The van der Waals surface area contributed by atoms with Gasteiger partial charge in [-0.2, -0.15) is 0 Å². The van der Waals surface area contributed by atoms with E-state index in [4.69, 9.17) is 4.99 Å². The Labute approximate surface area is 192 Å². The van der Waals surface area contributed by atoms with Crippen molar-refractivity contribution in [3.05, 3.63) is 30.2 Å². The van der Waals surface area contributed by atoms with E-state index < -0.39 is 0 Å². The molecule has 0 aliphatic carbocycles. The molecule has 1 aliphatic heterocycles. The number of aryl methyl sites for hydroxylation is 1. The molecule has 1 fully saturated rings. The topological polar surface area (TPSA) is 61.1 Å². The van der Waals surface area contributed by atoms with E-state index in [1.54, 1.807) is 0 Å². The summed E-state index contributed by atoms with van der Waals surface area (Å²) in [5, 5.41) is 12.0. The Bertz CT molecular complexity index is 756. The molecule has 1 unspecified atom stereocenters. The number of likely N-dealkylation sites (tertiary alicyclic amines) is 1. The zero-order chi connectivity index (χ0) is 19.8. The Hall–Kier alpha value is -1.42. The van der Waals surface area contributed by atoms with E-state index in [2.05, 4.69) is 50.5 Å². The average Bonchev–Trinajstić information content (AvgIpc) is 3.35. The van der Waals surface area contributed by atoms with Gasteiger partial charge in [-0.1, -0.05) is 19.9 Å². The van der Waals surface area contributed by atoms with E-state index in [-0.39, 0.29) is 24.0 Å². The molecule has 29 heavy (non-hydrogen) atoms. The maximum Gasteiger partial charge on any atom is 0.193 e. The van der Waals surface area contributed by atoms with Gasteiger partial charge in [0.1, 0.15) is 5.82 Å². The summed E-state index contributed by atoms with van der Waals surface area (Å²) >= 11 is 0. The summed E-state index contributed by atoms with van der Waals surface area (Å²) in [5.41, 5.74) is 0.908. The van der Waals surface area contributed by atoms with Crippen LogP contribution in [0, 0.1) is 5.92 Å². The summed E-state index contributed by atoms with van der Waals surface area (Å²) in [5.74, 6) is 2.82. The summed E-state index contributed by atoms with van der Waals surface area (Å²) in [6, 6.07) is 5.99. The van der Waals surface area contributed by atoms with Crippen molar-refractivity contribution in [1.82, 2.24) is 29.7 Å². The molecular weight excluding hydrogens is 477 g/mol. The molecule has 0 saturated carbocycles. The molecule has 7 nitrogen and oxygen atoms in total. The predicted molar refractivity (Wildman–Crippen MR) is 130 cm³/mol. The number of guanidine groups is 1. The average molecular weight is 513 g/mol. The second kappa shape index (κ2) is 12.3. The Morgan fingerprint density at radius 2 is 2.07 bits per heavy atom. The van der Waals surface area contributed by atoms with Gasteiger partial charge in [0.05, 0.1) is 0 Å². The molecule has 2 aromatic rings. The van der Waals surface area contributed by atoms with Crippen molar-refractivity contribution in [1.29, 1.82) is 0 Å². The van der Waals surface area contributed by atoms with Crippen LogP contribution in [0.25, 0.3) is 5.65 Å². The first-order valence-electron chi connectivity index (χ1n) is 10.8. The quantitative estimate of drug-likeness (QED) is 0.242. The van der Waals surface area contributed by atoms with Gasteiger partial charge in [0.15, 0.2) is 11.6 Å². The van der Waals surface area contributed by atoms with E-state index in [1.165, 1.54) is 13.0 Å². The molecule has 1 N–H and O–H groups in total. The third-order valence-corrected chi connectivity index (χ3v) is 5.54. The molecular formula is C21H36IN7. The maximum absolute atomic E-state index is 4.89. The molecule has 8 heteroatoms. The number of fused-ring (bicyclic) bond motifs is 1. The minimum Gasteiger partial charge on any atom is -0.357 e. The van der Waals surface area contributed by atoms with E-state index in [1.807, 2.05) is 24.4 Å². The fraction of sp³-hybridized carbons (Fsp3) is 0.667. The van der Waals surface area contributed by atoms with Crippen LogP contribution in [-0.4, -0.2) is 76.2 Å². The Morgan fingerprint density at radius 3 is 2.83 bits per heavy atom. The third kappa shape index (κ3) is 6.53. The van der Waals surface area contributed by atoms with E-state index >= 15 is 0 Å². The highest BCUT2D eigenvalue weighted by molar-refractivity contribution is 14.0. The normalized spacial score (nSPS) is 17.2. The van der Waals surface area contributed by atoms with Crippen molar-refractivity contribution in [2.75, 3.05) is 45.8 Å². The van der Waals surface area contributed by atoms with Crippen LogP contribution in [0.1, 0.15) is 39.4 Å². The lowest BCUT2D eigenvalue weighted by atomic mass is 10.1. The number of halogens is 1. The lowest BCUT2D eigenvalue weighted by Crippen LogP contribution is -2.41. The summed E-state index contributed by atoms with van der Waals surface area (Å²) in [6.45, 7) is 14.0. The second-order valence-electron chi connectivity index (χ2n) is 7.47. The van der Waals surface area contributed by atoms with Crippen LogP contribution in [0.4, 0.5) is 0 Å². The highest BCUT2D eigenvalue weighted by Gasteiger charge is 2.25.